The lowest BCUT2D eigenvalue weighted by Gasteiger charge is -2.34. The predicted molar refractivity (Wildman–Crippen MR) is 113 cm³/mol. The van der Waals surface area contributed by atoms with Gasteiger partial charge in [0.05, 0.1) is 11.4 Å². The van der Waals surface area contributed by atoms with E-state index >= 15 is 0 Å². The molecule has 0 bridgehead atoms. The summed E-state index contributed by atoms with van der Waals surface area (Å²) >= 11 is 0. The van der Waals surface area contributed by atoms with Crippen LogP contribution >= 0.6 is 0 Å². The highest BCUT2D eigenvalue weighted by molar-refractivity contribution is 7.91. The van der Waals surface area contributed by atoms with Crippen molar-refractivity contribution in [3.05, 3.63) is 30.3 Å². The zero-order valence-corrected chi connectivity index (χ0v) is 19.8. The fourth-order valence-corrected chi connectivity index (χ4v) is 7.60. The molecule has 0 aliphatic heterocycles. The number of alkyl halides is 3. The molecule has 2 rings (SSSR count). The van der Waals surface area contributed by atoms with Crippen LogP contribution in [0.2, 0.25) is 18.1 Å². The molecule has 1 aromatic carbocycles. The minimum absolute atomic E-state index is 0.0544. The molecule has 1 heterocycles. The summed E-state index contributed by atoms with van der Waals surface area (Å²) in [4.78, 5) is 0. The first-order valence-corrected chi connectivity index (χ1v) is 14.6. The van der Waals surface area contributed by atoms with Crippen LogP contribution in [0.1, 0.15) is 40.0 Å². The molecule has 0 N–H and O–H groups in total. The summed E-state index contributed by atoms with van der Waals surface area (Å²) in [6, 6.07) is 10.4. The number of nitrogens with zero attached hydrogens (tertiary/aromatic N) is 4. The van der Waals surface area contributed by atoms with E-state index in [1.807, 2.05) is 20.8 Å². The zero-order chi connectivity index (χ0) is 23.1. The molecule has 0 aliphatic carbocycles. The molecule has 0 fully saturated rings. The lowest BCUT2D eigenvalue weighted by Crippen LogP contribution is -2.45. The Hall–Kier alpha value is -1.79. The molecule has 2 aromatic rings. The van der Waals surface area contributed by atoms with Crippen molar-refractivity contribution < 1.29 is 26.0 Å². The van der Waals surface area contributed by atoms with E-state index in [1.165, 1.54) is 0 Å². The number of unbranched alkanes of at least 4 members (excludes halogenated alkanes) is 1. The Morgan fingerprint density at radius 2 is 1.68 bits per heavy atom. The van der Waals surface area contributed by atoms with Crippen molar-refractivity contribution >= 4 is 18.2 Å². The van der Waals surface area contributed by atoms with Crippen LogP contribution in [0, 0.1) is 0 Å². The lowest BCUT2D eigenvalue weighted by molar-refractivity contribution is -0.200. The fraction of sp³-hybridized carbons (Fsp3) is 0.632. The normalized spacial score (nSPS) is 14.0. The molecule has 7 nitrogen and oxygen atoms in total. The molecular formula is C19H29F3N4O3SSi. The maximum atomic E-state index is 13.5. The van der Waals surface area contributed by atoms with Crippen molar-refractivity contribution in [3.63, 3.8) is 0 Å². The Balaban J connectivity index is 2.03. The first-order valence-electron chi connectivity index (χ1n) is 10.4. The minimum Gasteiger partial charge on any atom is -0.405 e. The van der Waals surface area contributed by atoms with E-state index in [9.17, 15) is 21.6 Å². The molecule has 0 spiro atoms. The summed E-state index contributed by atoms with van der Waals surface area (Å²) in [5.74, 6) is -0.345. The summed E-state index contributed by atoms with van der Waals surface area (Å²) in [6.45, 7) is 5.61. The summed E-state index contributed by atoms with van der Waals surface area (Å²) in [7, 11) is -6.31. The number of para-hydroxylation sites is 1. The quantitative estimate of drug-likeness (QED) is 0.328. The van der Waals surface area contributed by atoms with Gasteiger partial charge in [0.2, 0.25) is 9.84 Å². The van der Waals surface area contributed by atoms with Crippen LogP contribution in [0.5, 0.6) is 0 Å². The van der Waals surface area contributed by atoms with Crippen LogP contribution in [0.25, 0.3) is 5.69 Å². The third-order valence-corrected chi connectivity index (χ3v) is 11.8. The maximum Gasteiger partial charge on any atom is 0.413 e. The smallest absolute Gasteiger partial charge is 0.405 e. The number of halogens is 3. The standard InChI is InChI=1S/C19H29F3N4O3SSi/c1-4-31(5-2,6-3)29-17(19(20,21)22)14-10-11-15-30(27,28)18-23-24-25-26(18)16-12-8-7-9-13-16/h7-9,12-13,17H,4-6,10-11,14-15H2,1-3H3. The Kier molecular flexibility index (Phi) is 8.78. The van der Waals surface area contributed by atoms with Gasteiger partial charge in [-0.2, -0.15) is 17.9 Å². The average Bonchev–Trinajstić information content (AvgIpc) is 3.25. The number of aromatic nitrogens is 4. The summed E-state index contributed by atoms with van der Waals surface area (Å²) in [5.41, 5.74) is 0.483. The van der Waals surface area contributed by atoms with Crippen molar-refractivity contribution in [1.82, 2.24) is 20.2 Å². The molecule has 1 atom stereocenters. The minimum atomic E-state index is -4.48. The van der Waals surface area contributed by atoms with Gasteiger partial charge in [0.25, 0.3) is 5.16 Å². The van der Waals surface area contributed by atoms with E-state index in [4.69, 9.17) is 4.43 Å². The number of sulfone groups is 1. The molecule has 0 radical (unpaired) electrons. The summed E-state index contributed by atoms with van der Waals surface area (Å²) in [6.07, 6.45) is -6.49. The Bertz CT molecular complexity index is 911. The fourth-order valence-electron chi connectivity index (χ4n) is 3.41. The number of hydrogen-bond acceptors (Lipinski definition) is 6. The van der Waals surface area contributed by atoms with Crippen molar-refractivity contribution in [1.29, 1.82) is 0 Å². The SMILES string of the molecule is CC[Si](CC)(CC)OC(CCCCS(=O)(=O)c1nnnn1-c1ccccc1)C(F)(F)F. The molecule has 1 aromatic heterocycles. The van der Waals surface area contributed by atoms with Crippen molar-refractivity contribution in [3.8, 4) is 5.69 Å². The van der Waals surface area contributed by atoms with E-state index in [-0.39, 0.29) is 30.2 Å². The van der Waals surface area contributed by atoms with Gasteiger partial charge in [-0.1, -0.05) is 44.1 Å². The van der Waals surface area contributed by atoms with Gasteiger partial charge in [-0.3, -0.25) is 0 Å². The lowest BCUT2D eigenvalue weighted by atomic mass is 10.1. The van der Waals surface area contributed by atoms with E-state index < -0.39 is 30.4 Å². The van der Waals surface area contributed by atoms with Crippen LogP contribution in [0.15, 0.2) is 35.5 Å². The second-order valence-corrected chi connectivity index (χ2v) is 14.1. The Labute approximate surface area is 182 Å². The molecule has 31 heavy (non-hydrogen) atoms. The topological polar surface area (TPSA) is 87.0 Å². The number of tetrazole rings is 1. The molecule has 0 aliphatic rings. The van der Waals surface area contributed by atoms with Crippen molar-refractivity contribution in [2.75, 3.05) is 5.75 Å². The Morgan fingerprint density at radius 1 is 1.06 bits per heavy atom. The molecule has 174 valence electrons. The first kappa shape index (κ1) is 25.5. The van der Waals surface area contributed by atoms with Crippen LogP contribution in [-0.2, 0) is 14.3 Å². The summed E-state index contributed by atoms with van der Waals surface area (Å²) in [5, 5.41) is 10.5. The average molecular weight is 479 g/mol. The summed E-state index contributed by atoms with van der Waals surface area (Å²) < 4.78 is 72.7. The van der Waals surface area contributed by atoms with Gasteiger partial charge >= 0.3 is 6.18 Å². The predicted octanol–water partition coefficient (Wildman–Crippen LogP) is 4.56. The zero-order valence-electron chi connectivity index (χ0n) is 18.0. The van der Waals surface area contributed by atoms with Gasteiger partial charge in [-0.25, -0.2) is 8.42 Å². The van der Waals surface area contributed by atoms with Gasteiger partial charge in [0, 0.05) is 0 Å². The van der Waals surface area contributed by atoms with Gasteiger partial charge < -0.3 is 4.43 Å². The number of hydrogen-bond donors (Lipinski definition) is 0. The van der Waals surface area contributed by atoms with E-state index in [2.05, 4.69) is 15.5 Å². The third-order valence-electron chi connectivity index (χ3n) is 5.54. The second-order valence-electron chi connectivity index (χ2n) is 7.42. The first-order chi connectivity index (χ1) is 14.6. The highest BCUT2D eigenvalue weighted by atomic mass is 32.2. The molecular weight excluding hydrogens is 449 g/mol. The van der Waals surface area contributed by atoms with Gasteiger partial charge in [-0.15, -0.1) is 0 Å². The van der Waals surface area contributed by atoms with Gasteiger partial charge in [0.1, 0.15) is 6.10 Å². The largest absolute Gasteiger partial charge is 0.413 e. The van der Waals surface area contributed by atoms with E-state index in [0.29, 0.717) is 23.8 Å². The highest BCUT2D eigenvalue weighted by Gasteiger charge is 2.45. The van der Waals surface area contributed by atoms with Crippen molar-refractivity contribution in [2.45, 2.75) is 75.6 Å². The van der Waals surface area contributed by atoms with Crippen LogP contribution in [0.3, 0.4) is 0 Å². The third kappa shape index (κ3) is 6.59. The number of rotatable bonds is 12. The maximum absolute atomic E-state index is 13.5. The van der Waals surface area contributed by atoms with Crippen LogP contribution < -0.4 is 0 Å². The van der Waals surface area contributed by atoms with Gasteiger partial charge in [0.15, 0.2) is 8.32 Å². The van der Waals surface area contributed by atoms with Crippen molar-refractivity contribution in [2.24, 2.45) is 0 Å². The van der Waals surface area contributed by atoms with Crippen LogP contribution in [0.4, 0.5) is 13.2 Å². The second kappa shape index (κ2) is 10.7. The highest BCUT2D eigenvalue weighted by Crippen LogP contribution is 2.33. The molecule has 0 saturated carbocycles. The molecule has 0 amide bonds. The molecule has 0 saturated heterocycles. The monoisotopic (exact) mass is 478 g/mol. The number of benzene rings is 1. The molecule has 1 unspecified atom stereocenters. The Morgan fingerprint density at radius 3 is 2.23 bits per heavy atom. The molecule has 12 heteroatoms. The van der Waals surface area contributed by atoms with E-state index in [1.54, 1.807) is 30.3 Å². The van der Waals surface area contributed by atoms with E-state index in [0.717, 1.165) is 4.68 Å². The van der Waals surface area contributed by atoms with Crippen LogP contribution in [-0.4, -0.2) is 55.0 Å². The van der Waals surface area contributed by atoms with Gasteiger partial charge in [-0.05, 0) is 60.0 Å².